The predicted octanol–water partition coefficient (Wildman–Crippen LogP) is 15.7. The maximum Gasteiger partial charge on any atom is 0.306 e. The van der Waals surface area contributed by atoms with E-state index in [9.17, 15) is 14.4 Å². The second-order valence-electron chi connectivity index (χ2n) is 16.0. The maximum atomic E-state index is 12.7. The molecule has 0 fully saturated rings. The van der Waals surface area contributed by atoms with Gasteiger partial charge >= 0.3 is 17.9 Å². The van der Waals surface area contributed by atoms with Crippen molar-refractivity contribution in [2.75, 3.05) is 13.2 Å². The molecule has 0 aliphatic carbocycles. The van der Waals surface area contributed by atoms with Crippen molar-refractivity contribution < 1.29 is 28.6 Å². The molecule has 0 saturated carbocycles. The van der Waals surface area contributed by atoms with Crippen molar-refractivity contribution in [1.82, 2.24) is 0 Å². The molecule has 334 valence electrons. The highest BCUT2D eigenvalue weighted by Crippen LogP contribution is 2.14. The number of unbranched alkanes of at least 4 members (excludes halogenated alkanes) is 22. The van der Waals surface area contributed by atoms with E-state index in [0.717, 1.165) is 96.3 Å². The van der Waals surface area contributed by atoms with Gasteiger partial charge in [-0.2, -0.15) is 0 Å². The van der Waals surface area contributed by atoms with Crippen LogP contribution in [-0.4, -0.2) is 37.2 Å². The van der Waals surface area contributed by atoms with Gasteiger partial charge < -0.3 is 14.2 Å². The van der Waals surface area contributed by atoms with E-state index in [0.29, 0.717) is 19.3 Å². The molecule has 0 amide bonds. The number of ether oxygens (including phenoxy) is 3. The Hall–Kier alpha value is -2.89. The molecule has 0 radical (unpaired) electrons. The zero-order valence-electron chi connectivity index (χ0n) is 38.0. The fourth-order valence-corrected chi connectivity index (χ4v) is 6.60. The first-order valence-corrected chi connectivity index (χ1v) is 24.3. The Bertz CT molecular complexity index is 1070. The van der Waals surface area contributed by atoms with E-state index in [1.54, 1.807) is 0 Å². The first-order valence-electron chi connectivity index (χ1n) is 24.3. The minimum Gasteiger partial charge on any atom is -0.462 e. The van der Waals surface area contributed by atoms with Gasteiger partial charge in [-0.15, -0.1) is 0 Å². The summed E-state index contributed by atoms with van der Waals surface area (Å²) in [5, 5.41) is 0. The van der Waals surface area contributed by atoms with Gasteiger partial charge in [0.05, 0.1) is 0 Å². The monoisotopic (exact) mass is 811 g/mol. The molecule has 0 aliphatic heterocycles. The van der Waals surface area contributed by atoms with Crippen molar-refractivity contribution in [2.24, 2.45) is 0 Å². The number of hydrogen-bond acceptors (Lipinski definition) is 6. The first-order chi connectivity index (χ1) is 28.5. The van der Waals surface area contributed by atoms with Crippen LogP contribution in [-0.2, 0) is 28.6 Å². The normalized spacial score (nSPS) is 12.5. The van der Waals surface area contributed by atoms with Crippen LogP contribution in [0.4, 0.5) is 0 Å². The maximum absolute atomic E-state index is 12.7. The number of carbonyl (C=O) groups excluding carboxylic acids is 3. The molecule has 0 aromatic heterocycles. The molecular formula is C52H90O6. The Morgan fingerprint density at radius 1 is 0.362 bits per heavy atom. The van der Waals surface area contributed by atoms with Crippen LogP contribution in [0.2, 0.25) is 0 Å². The molecule has 0 aromatic carbocycles. The van der Waals surface area contributed by atoms with Crippen molar-refractivity contribution >= 4 is 17.9 Å². The van der Waals surface area contributed by atoms with Gasteiger partial charge in [-0.3, -0.25) is 14.4 Å². The van der Waals surface area contributed by atoms with Crippen molar-refractivity contribution in [3.05, 3.63) is 60.8 Å². The fourth-order valence-electron chi connectivity index (χ4n) is 6.60. The van der Waals surface area contributed by atoms with Crippen molar-refractivity contribution in [2.45, 2.75) is 239 Å². The third-order valence-electron chi connectivity index (χ3n) is 10.3. The summed E-state index contributed by atoms with van der Waals surface area (Å²) >= 11 is 0. The largest absolute Gasteiger partial charge is 0.462 e. The van der Waals surface area contributed by atoms with Crippen LogP contribution in [0.5, 0.6) is 0 Å². The Kier molecular flexibility index (Phi) is 44.5. The van der Waals surface area contributed by atoms with Gasteiger partial charge in [-0.05, 0) is 83.5 Å². The van der Waals surface area contributed by atoms with Crippen LogP contribution in [0, 0.1) is 0 Å². The second-order valence-corrected chi connectivity index (χ2v) is 16.0. The van der Waals surface area contributed by atoms with Gasteiger partial charge in [0.15, 0.2) is 6.10 Å². The number of rotatable bonds is 43. The van der Waals surface area contributed by atoms with Gasteiger partial charge in [0.25, 0.3) is 0 Å². The van der Waals surface area contributed by atoms with Gasteiger partial charge in [0.1, 0.15) is 13.2 Å². The highest BCUT2D eigenvalue weighted by molar-refractivity contribution is 5.71. The highest BCUT2D eigenvalue weighted by atomic mass is 16.6. The average molecular weight is 811 g/mol. The van der Waals surface area contributed by atoms with Gasteiger partial charge in [-0.25, -0.2) is 0 Å². The van der Waals surface area contributed by atoms with Crippen molar-refractivity contribution in [3.8, 4) is 0 Å². The third kappa shape index (κ3) is 44.2. The van der Waals surface area contributed by atoms with Crippen LogP contribution in [0.25, 0.3) is 0 Å². The predicted molar refractivity (Wildman–Crippen MR) is 247 cm³/mol. The summed E-state index contributed by atoms with van der Waals surface area (Å²) < 4.78 is 16.7. The Balaban J connectivity index is 4.45. The number of allylic oxidation sites excluding steroid dienone is 10. The Labute approximate surface area is 358 Å². The molecule has 0 aliphatic rings. The molecule has 0 saturated heterocycles. The summed E-state index contributed by atoms with van der Waals surface area (Å²) in [7, 11) is 0. The molecule has 58 heavy (non-hydrogen) atoms. The van der Waals surface area contributed by atoms with Gasteiger partial charge in [-0.1, -0.05) is 191 Å². The number of hydrogen-bond donors (Lipinski definition) is 0. The average Bonchev–Trinajstić information content (AvgIpc) is 3.22. The SMILES string of the molecule is CC/C=C\C/C=C\C/C=C\C/C=C\CCCCC(=O)OC[C@@H](COC(=O)CCCCCCCCCCCCC)OC(=O)CCCCCCC/C=C\CCCCCCC. The summed E-state index contributed by atoms with van der Waals surface area (Å²) in [5.41, 5.74) is 0. The zero-order chi connectivity index (χ0) is 42.3. The lowest BCUT2D eigenvalue weighted by Crippen LogP contribution is -2.30. The lowest BCUT2D eigenvalue weighted by molar-refractivity contribution is -0.167. The molecule has 6 heteroatoms. The van der Waals surface area contributed by atoms with Crippen LogP contribution in [0.3, 0.4) is 0 Å². The highest BCUT2D eigenvalue weighted by Gasteiger charge is 2.19. The molecule has 0 bridgehead atoms. The van der Waals surface area contributed by atoms with E-state index in [4.69, 9.17) is 14.2 Å². The molecule has 0 heterocycles. The van der Waals surface area contributed by atoms with Crippen LogP contribution < -0.4 is 0 Å². The molecular weight excluding hydrogens is 721 g/mol. The summed E-state index contributed by atoms with van der Waals surface area (Å²) in [5.74, 6) is -0.941. The van der Waals surface area contributed by atoms with E-state index >= 15 is 0 Å². The minimum absolute atomic E-state index is 0.0893. The summed E-state index contributed by atoms with van der Waals surface area (Å²) in [6, 6.07) is 0. The fraction of sp³-hybridized carbons (Fsp3) is 0.750. The molecule has 6 nitrogen and oxygen atoms in total. The van der Waals surface area contributed by atoms with E-state index in [-0.39, 0.29) is 31.1 Å². The standard InChI is InChI=1S/C52H90O6/c1-4-7-10-13-16-19-22-24-26-28-30-33-36-39-42-45-51(54)57-48-49(47-56-50(53)44-41-38-35-32-29-21-18-15-12-9-6-3)58-52(55)46-43-40-37-34-31-27-25-23-20-17-14-11-8-5-2/h7,10,16,19,23-26,30,33,49H,4-6,8-9,11-15,17-18,20-22,27-29,31-32,34-48H2,1-3H3/b10-7-,19-16-,25-23-,26-24-,33-30-/t49-/m1/s1. The van der Waals surface area contributed by atoms with E-state index < -0.39 is 6.10 Å². The zero-order valence-corrected chi connectivity index (χ0v) is 38.0. The number of esters is 3. The smallest absolute Gasteiger partial charge is 0.306 e. The van der Waals surface area contributed by atoms with E-state index in [2.05, 4.69) is 81.5 Å². The van der Waals surface area contributed by atoms with Gasteiger partial charge in [0.2, 0.25) is 0 Å². The second kappa shape index (κ2) is 46.8. The van der Waals surface area contributed by atoms with Gasteiger partial charge in [0, 0.05) is 19.3 Å². The Morgan fingerprint density at radius 2 is 0.672 bits per heavy atom. The lowest BCUT2D eigenvalue weighted by Gasteiger charge is -2.18. The van der Waals surface area contributed by atoms with E-state index in [1.807, 2.05) is 0 Å². The molecule has 0 rings (SSSR count). The van der Waals surface area contributed by atoms with Crippen LogP contribution >= 0.6 is 0 Å². The van der Waals surface area contributed by atoms with Crippen molar-refractivity contribution in [1.29, 1.82) is 0 Å². The topological polar surface area (TPSA) is 78.9 Å². The summed E-state index contributed by atoms with van der Waals surface area (Å²) in [4.78, 5) is 37.8. The van der Waals surface area contributed by atoms with Crippen LogP contribution in [0.1, 0.15) is 233 Å². The van der Waals surface area contributed by atoms with Crippen LogP contribution in [0.15, 0.2) is 60.8 Å². The molecule has 1 atom stereocenters. The molecule has 0 aromatic rings. The molecule has 0 unspecified atom stereocenters. The molecule has 0 N–H and O–H groups in total. The quantitative estimate of drug-likeness (QED) is 0.0264. The Morgan fingerprint density at radius 3 is 1.10 bits per heavy atom. The summed E-state index contributed by atoms with van der Waals surface area (Å²) in [6.45, 7) is 6.46. The first kappa shape index (κ1) is 55.1. The lowest BCUT2D eigenvalue weighted by atomic mass is 10.1. The van der Waals surface area contributed by atoms with E-state index in [1.165, 1.54) is 96.3 Å². The minimum atomic E-state index is -0.791. The molecule has 0 spiro atoms. The summed E-state index contributed by atoms with van der Waals surface area (Å²) in [6.07, 6.45) is 56.3. The number of carbonyl (C=O) groups is 3. The van der Waals surface area contributed by atoms with Crippen molar-refractivity contribution in [3.63, 3.8) is 0 Å². The third-order valence-corrected chi connectivity index (χ3v) is 10.3.